The number of hydrogen-bond donors (Lipinski definition) is 1. The van der Waals surface area contributed by atoms with Crippen molar-refractivity contribution in [1.82, 2.24) is 9.88 Å². The zero-order chi connectivity index (χ0) is 14.5. The molecule has 0 saturated heterocycles. The first-order valence-corrected chi connectivity index (χ1v) is 7.81. The highest BCUT2D eigenvalue weighted by Crippen LogP contribution is 2.23. The van der Waals surface area contributed by atoms with Gasteiger partial charge in [0.15, 0.2) is 0 Å². The third kappa shape index (κ3) is 3.42. The lowest BCUT2D eigenvalue weighted by Crippen LogP contribution is -2.39. The zero-order valence-corrected chi connectivity index (χ0v) is 12.6. The van der Waals surface area contributed by atoms with Crippen LogP contribution >= 0.6 is 0 Å². The number of rotatable bonds is 4. The average molecular weight is 281 g/mol. The summed E-state index contributed by atoms with van der Waals surface area (Å²) in [6, 6.07) is 13.5. The Labute approximate surface area is 127 Å². The van der Waals surface area contributed by atoms with E-state index >= 15 is 0 Å². The molecule has 1 aliphatic rings. The third-order valence-electron chi connectivity index (χ3n) is 4.35. The predicted molar refractivity (Wildman–Crippen MR) is 87.4 cm³/mol. The summed E-state index contributed by atoms with van der Waals surface area (Å²) in [5.41, 5.74) is 4.09. The Morgan fingerprint density at radius 1 is 1.19 bits per heavy atom. The number of para-hydroxylation sites is 1. The fourth-order valence-corrected chi connectivity index (χ4v) is 3.10. The van der Waals surface area contributed by atoms with E-state index in [0.717, 1.165) is 26.1 Å². The van der Waals surface area contributed by atoms with Gasteiger partial charge in [-0.1, -0.05) is 25.1 Å². The lowest BCUT2D eigenvalue weighted by atomic mass is 10.0. The van der Waals surface area contributed by atoms with Crippen molar-refractivity contribution in [2.75, 3.05) is 18.4 Å². The van der Waals surface area contributed by atoms with Crippen molar-refractivity contribution in [2.45, 2.75) is 32.4 Å². The summed E-state index contributed by atoms with van der Waals surface area (Å²) in [7, 11) is 0. The molecule has 0 amide bonds. The molecule has 3 heteroatoms. The van der Waals surface area contributed by atoms with E-state index in [0.29, 0.717) is 6.04 Å². The van der Waals surface area contributed by atoms with Crippen LogP contribution in [0, 0.1) is 0 Å². The lowest BCUT2D eigenvalue weighted by molar-refractivity contribution is 0.197. The Morgan fingerprint density at radius 3 is 2.81 bits per heavy atom. The maximum atomic E-state index is 4.10. The Balaban J connectivity index is 1.68. The molecule has 1 atom stereocenters. The maximum absolute atomic E-state index is 4.10. The first-order chi connectivity index (χ1) is 10.4. The Morgan fingerprint density at radius 2 is 2.00 bits per heavy atom. The normalized spacial score (nSPS) is 17.9. The van der Waals surface area contributed by atoms with Crippen LogP contribution in [0.15, 0.2) is 48.8 Å². The molecule has 1 aromatic carbocycles. The van der Waals surface area contributed by atoms with Crippen molar-refractivity contribution in [1.29, 1.82) is 0 Å². The summed E-state index contributed by atoms with van der Waals surface area (Å²) in [4.78, 5) is 6.67. The van der Waals surface area contributed by atoms with Crippen molar-refractivity contribution in [3.63, 3.8) is 0 Å². The molecule has 0 radical (unpaired) electrons. The first-order valence-electron chi connectivity index (χ1n) is 7.81. The summed E-state index contributed by atoms with van der Waals surface area (Å²) in [6.45, 7) is 5.35. The van der Waals surface area contributed by atoms with Crippen LogP contribution in [0.2, 0.25) is 0 Å². The molecule has 3 rings (SSSR count). The minimum atomic E-state index is 0.579. The summed E-state index contributed by atoms with van der Waals surface area (Å²) in [5.74, 6) is 0. The molecule has 2 heterocycles. The van der Waals surface area contributed by atoms with Gasteiger partial charge in [0.1, 0.15) is 0 Å². The number of nitrogens with zero attached hydrogens (tertiary/aromatic N) is 2. The molecule has 0 saturated carbocycles. The number of fused-ring (bicyclic) bond motifs is 1. The third-order valence-corrected chi connectivity index (χ3v) is 4.35. The SMILES string of the molecule is CCN(Cc1ccncc1)C1CCc2ccccc2NC1. The van der Waals surface area contributed by atoms with E-state index in [1.165, 1.54) is 23.2 Å². The minimum Gasteiger partial charge on any atom is -0.383 e. The van der Waals surface area contributed by atoms with Gasteiger partial charge in [0.25, 0.3) is 0 Å². The number of benzene rings is 1. The van der Waals surface area contributed by atoms with Crippen LogP contribution in [-0.2, 0) is 13.0 Å². The van der Waals surface area contributed by atoms with Crippen molar-refractivity contribution < 1.29 is 0 Å². The molecule has 1 aromatic heterocycles. The molecular weight excluding hydrogens is 258 g/mol. The average Bonchev–Trinajstić information content (AvgIpc) is 2.76. The van der Waals surface area contributed by atoms with Gasteiger partial charge >= 0.3 is 0 Å². The quantitative estimate of drug-likeness (QED) is 0.931. The zero-order valence-electron chi connectivity index (χ0n) is 12.6. The van der Waals surface area contributed by atoms with Gasteiger partial charge in [-0.05, 0) is 48.7 Å². The van der Waals surface area contributed by atoms with Crippen LogP contribution in [0.25, 0.3) is 0 Å². The first kappa shape index (κ1) is 14.1. The van der Waals surface area contributed by atoms with Crippen LogP contribution in [-0.4, -0.2) is 29.0 Å². The number of pyridine rings is 1. The van der Waals surface area contributed by atoms with Crippen LogP contribution in [0.5, 0.6) is 0 Å². The Kier molecular flexibility index (Phi) is 4.51. The number of nitrogens with one attached hydrogen (secondary N) is 1. The van der Waals surface area contributed by atoms with Crippen molar-refractivity contribution in [2.24, 2.45) is 0 Å². The number of hydrogen-bond acceptors (Lipinski definition) is 3. The molecule has 0 aliphatic carbocycles. The Bertz CT molecular complexity index is 541. The lowest BCUT2D eigenvalue weighted by Gasteiger charge is -2.30. The van der Waals surface area contributed by atoms with Gasteiger partial charge in [-0.2, -0.15) is 0 Å². The maximum Gasteiger partial charge on any atom is 0.0373 e. The summed E-state index contributed by atoms with van der Waals surface area (Å²) in [6.07, 6.45) is 6.12. The fourth-order valence-electron chi connectivity index (χ4n) is 3.10. The second-order valence-electron chi connectivity index (χ2n) is 5.65. The second kappa shape index (κ2) is 6.72. The van der Waals surface area contributed by atoms with Crippen molar-refractivity contribution in [3.05, 3.63) is 59.9 Å². The number of likely N-dealkylation sites (N-methyl/N-ethyl adjacent to an activating group) is 1. The van der Waals surface area contributed by atoms with E-state index in [1.54, 1.807) is 0 Å². The van der Waals surface area contributed by atoms with Gasteiger partial charge in [0, 0.05) is 37.2 Å². The molecule has 1 unspecified atom stereocenters. The van der Waals surface area contributed by atoms with Gasteiger partial charge in [-0.25, -0.2) is 0 Å². The molecule has 0 spiro atoms. The number of aromatic nitrogens is 1. The molecule has 1 N–H and O–H groups in total. The van der Waals surface area contributed by atoms with Gasteiger partial charge in [0.2, 0.25) is 0 Å². The molecular formula is C18H23N3. The van der Waals surface area contributed by atoms with Crippen LogP contribution in [0.3, 0.4) is 0 Å². The van der Waals surface area contributed by atoms with Gasteiger partial charge in [0.05, 0.1) is 0 Å². The summed E-state index contributed by atoms with van der Waals surface area (Å²) in [5, 5.41) is 3.62. The van der Waals surface area contributed by atoms with E-state index in [2.05, 4.69) is 58.5 Å². The molecule has 110 valence electrons. The van der Waals surface area contributed by atoms with E-state index in [9.17, 15) is 0 Å². The van der Waals surface area contributed by atoms with E-state index in [1.807, 2.05) is 12.4 Å². The molecule has 0 fully saturated rings. The topological polar surface area (TPSA) is 28.2 Å². The highest BCUT2D eigenvalue weighted by Gasteiger charge is 2.20. The summed E-state index contributed by atoms with van der Waals surface area (Å²) < 4.78 is 0. The number of aryl methyl sites for hydroxylation is 1. The molecule has 3 nitrogen and oxygen atoms in total. The van der Waals surface area contributed by atoms with Crippen LogP contribution in [0.1, 0.15) is 24.5 Å². The Hall–Kier alpha value is -1.87. The van der Waals surface area contributed by atoms with E-state index in [-0.39, 0.29) is 0 Å². The smallest absolute Gasteiger partial charge is 0.0373 e. The highest BCUT2D eigenvalue weighted by molar-refractivity contribution is 5.52. The number of anilines is 1. The molecule has 1 aliphatic heterocycles. The van der Waals surface area contributed by atoms with Crippen LogP contribution in [0.4, 0.5) is 5.69 Å². The van der Waals surface area contributed by atoms with Crippen molar-refractivity contribution in [3.8, 4) is 0 Å². The molecule has 2 aromatic rings. The van der Waals surface area contributed by atoms with Crippen LogP contribution < -0.4 is 5.32 Å². The predicted octanol–water partition coefficient (Wildman–Crippen LogP) is 3.33. The highest BCUT2D eigenvalue weighted by atomic mass is 15.2. The van der Waals surface area contributed by atoms with E-state index < -0.39 is 0 Å². The fraction of sp³-hybridized carbons (Fsp3) is 0.389. The van der Waals surface area contributed by atoms with Gasteiger partial charge in [-0.15, -0.1) is 0 Å². The van der Waals surface area contributed by atoms with Gasteiger partial charge < -0.3 is 5.32 Å². The minimum absolute atomic E-state index is 0.579. The summed E-state index contributed by atoms with van der Waals surface area (Å²) >= 11 is 0. The molecule has 21 heavy (non-hydrogen) atoms. The van der Waals surface area contributed by atoms with E-state index in [4.69, 9.17) is 0 Å². The monoisotopic (exact) mass is 281 g/mol. The standard InChI is InChI=1S/C18H23N3/c1-2-21(14-15-9-11-19-12-10-15)17-8-7-16-5-3-4-6-18(16)20-13-17/h3-6,9-12,17,20H,2,7-8,13-14H2,1H3. The second-order valence-corrected chi connectivity index (χ2v) is 5.65. The van der Waals surface area contributed by atoms with Gasteiger partial charge in [-0.3, -0.25) is 9.88 Å². The molecule has 0 bridgehead atoms. The largest absolute Gasteiger partial charge is 0.383 e. The van der Waals surface area contributed by atoms with Crippen molar-refractivity contribution >= 4 is 5.69 Å².